The van der Waals surface area contributed by atoms with Gasteiger partial charge in [-0.15, -0.1) is 0 Å². The standard InChI is InChI=1S/C21H22N6O/c1-13-5-3-7-17-19(13)25-20(24-17)15-6-4-10-26(12-15)21(28)16-11-22-18-8-9-23-27(18)14(16)2/h3,5,7-9,11,15H,4,6,10,12H2,1-2H3,(H,24,25)/t15-/m1/s1. The molecule has 4 aromatic rings. The molecule has 1 aliphatic heterocycles. The van der Waals surface area contributed by atoms with E-state index in [0.717, 1.165) is 53.1 Å². The number of rotatable bonds is 2. The van der Waals surface area contributed by atoms with Crippen LogP contribution in [0.5, 0.6) is 0 Å². The topological polar surface area (TPSA) is 79.2 Å². The van der Waals surface area contributed by atoms with Crippen molar-refractivity contribution < 1.29 is 4.79 Å². The van der Waals surface area contributed by atoms with E-state index in [4.69, 9.17) is 4.98 Å². The van der Waals surface area contributed by atoms with Crippen LogP contribution < -0.4 is 0 Å². The predicted molar refractivity (Wildman–Crippen MR) is 106 cm³/mol. The van der Waals surface area contributed by atoms with Gasteiger partial charge < -0.3 is 9.88 Å². The summed E-state index contributed by atoms with van der Waals surface area (Å²) in [5.41, 5.74) is 5.42. The molecule has 0 unspecified atom stereocenters. The Hall–Kier alpha value is -3.22. The number of aromatic amines is 1. The van der Waals surface area contributed by atoms with E-state index >= 15 is 0 Å². The second kappa shape index (κ2) is 6.44. The van der Waals surface area contributed by atoms with Crippen LogP contribution in [-0.2, 0) is 0 Å². The zero-order valence-electron chi connectivity index (χ0n) is 16.0. The average molecular weight is 374 g/mol. The largest absolute Gasteiger partial charge is 0.342 e. The van der Waals surface area contributed by atoms with Gasteiger partial charge in [-0.2, -0.15) is 5.10 Å². The Balaban J connectivity index is 1.43. The monoisotopic (exact) mass is 374 g/mol. The summed E-state index contributed by atoms with van der Waals surface area (Å²) in [5, 5.41) is 4.27. The van der Waals surface area contributed by atoms with Gasteiger partial charge in [-0.25, -0.2) is 14.5 Å². The van der Waals surface area contributed by atoms with Crippen LogP contribution in [-0.4, -0.2) is 48.5 Å². The molecule has 0 aliphatic carbocycles. The lowest BCUT2D eigenvalue weighted by Crippen LogP contribution is -2.40. The third-order valence-corrected chi connectivity index (χ3v) is 5.71. The molecule has 1 aliphatic rings. The number of aromatic nitrogens is 5. The number of amides is 1. The fraction of sp³-hybridized carbons (Fsp3) is 0.333. The lowest BCUT2D eigenvalue weighted by atomic mass is 9.96. The van der Waals surface area contributed by atoms with Crippen molar-refractivity contribution in [2.45, 2.75) is 32.6 Å². The van der Waals surface area contributed by atoms with Crippen LogP contribution >= 0.6 is 0 Å². The Morgan fingerprint density at radius 3 is 3.00 bits per heavy atom. The SMILES string of the molecule is Cc1cccc2[nH]c([C@@H]3CCCN(C(=O)c4cnc5ccnn5c4C)C3)nc12. The molecule has 7 nitrogen and oxygen atoms in total. The van der Waals surface area contributed by atoms with Gasteiger partial charge in [0.1, 0.15) is 5.82 Å². The van der Waals surface area contributed by atoms with Gasteiger partial charge in [0, 0.05) is 31.3 Å². The van der Waals surface area contributed by atoms with E-state index in [0.29, 0.717) is 12.1 Å². The predicted octanol–water partition coefficient (Wildman–Crippen LogP) is 3.24. The van der Waals surface area contributed by atoms with E-state index in [2.05, 4.69) is 34.1 Å². The molecular formula is C21H22N6O. The number of hydrogen-bond acceptors (Lipinski definition) is 4. The van der Waals surface area contributed by atoms with Crippen LogP contribution in [0.15, 0.2) is 36.7 Å². The van der Waals surface area contributed by atoms with Crippen molar-refractivity contribution in [3.63, 3.8) is 0 Å². The Morgan fingerprint density at radius 2 is 2.14 bits per heavy atom. The first-order valence-corrected chi connectivity index (χ1v) is 9.65. The second-order valence-electron chi connectivity index (χ2n) is 7.54. The van der Waals surface area contributed by atoms with Gasteiger partial charge in [-0.05, 0) is 38.3 Å². The molecule has 0 saturated carbocycles. The number of para-hydroxylation sites is 1. The molecule has 3 aromatic heterocycles. The Morgan fingerprint density at radius 1 is 1.25 bits per heavy atom. The first-order chi connectivity index (χ1) is 13.6. The lowest BCUT2D eigenvalue weighted by molar-refractivity contribution is 0.0703. The van der Waals surface area contributed by atoms with Crippen molar-refractivity contribution in [3.05, 3.63) is 59.3 Å². The summed E-state index contributed by atoms with van der Waals surface area (Å²) in [7, 11) is 0. The summed E-state index contributed by atoms with van der Waals surface area (Å²) < 4.78 is 1.72. The van der Waals surface area contributed by atoms with Gasteiger partial charge >= 0.3 is 0 Å². The summed E-state index contributed by atoms with van der Waals surface area (Å²) >= 11 is 0. The number of nitrogens with one attached hydrogen (secondary N) is 1. The molecule has 1 atom stereocenters. The highest BCUT2D eigenvalue weighted by Crippen LogP contribution is 2.28. The minimum atomic E-state index is 0.0133. The van der Waals surface area contributed by atoms with Crippen LogP contribution in [0.1, 0.15) is 46.2 Å². The third-order valence-electron chi connectivity index (χ3n) is 5.71. The smallest absolute Gasteiger partial charge is 0.257 e. The number of likely N-dealkylation sites (tertiary alicyclic amines) is 1. The maximum atomic E-state index is 13.2. The van der Waals surface area contributed by atoms with Gasteiger partial charge in [0.05, 0.1) is 28.5 Å². The highest BCUT2D eigenvalue weighted by Gasteiger charge is 2.28. The van der Waals surface area contributed by atoms with Gasteiger partial charge in [0.2, 0.25) is 0 Å². The fourth-order valence-corrected chi connectivity index (χ4v) is 4.14. The molecule has 1 saturated heterocycles. The Labute approximate surface area is 162 Å². The molecule has 1 fully saturated rings. The number of carbonyl (C=O) groups excluding carboxylic acids is 1. The number of imidazole rings is 1. The lowest BCUT2D eigenvalue weighted by Gasteiger charge is -2.32. The van der Waals surface area contributed by atoms with Crippen LogP contribution in [0.25, 0.3) is 16.7 Å². The van der Waals surface area contributed by atoms with Crippen LogP contribution in [0, 0.1) is 13.8 Å². The molecule has 7 heteroatoms. The zero-order valence-corrected chi connectivity index (χ0v) is 16.0. The van der Waals surface area contributed by atoms with Crippen LogP contribution in [0.4, 0.5) is 0 Å². The van der Waals surface area contributed by atoms with Gasteiger partial charge in [-0.1, -0.05) is 12.1 Å². The molecule has 1 N–H and O–H groups in total. The van der Waals surface area contributed by atoms with E-state index < -0.39 is 0 Å². The molecule has 0 radical (unpaired) electrons. The summed E-state index contributed by atoms with van der Waals surface area (Å²) in [6.07, 6.45) is 5.36. The summed E-state index contributed by atoms with van der Waals surface area (Å²) in [5.74, 6) is 1.20. The van der Waals surface area contributed by atoms with Crippen LogP contribution in [0.3, 0.4) is 0 Å². The average Bonchev–Trinajstić information content (AvgIpc) is 3.36. The van der Waals surface area contributed by atoms with Crippen molar-refractivity contribution in [1.29, 1.82) is 0 Å². The maximum Gasteiger partial charge on any atom is 0.257 e. The minimum Gasteiger partial charge on any atom is -0.342 e. The van der Waals surface area contributed by atoms with Crippen molar-refractivity contribution >= 4 is 22.6 Å². The highest BCUT2D eigenvalue weighted by atomic mass is 16.2. The second-order valence-corrected chi connectivity index (χ2v) is 7.54. The minimum absolute atomic E-state index is 0.0133. The normalized spacial score (nSPS) is 17.5. The first kappa shape index (κ1) is 16.9. The van der Waals surface area contributed by atoms with E-state index in [-0.39, 0.29) is 11.8 Å². The molecule has 1 aromatic carbocycles. The molecule has 142 valence electrons. The quantitative estimate of drug-likeness (QED) is 0.584. The summed E-state index contributed by atoms with van der Waals surface area (Å²) in [6, 6.07) is 8.00. The van der Waals surface area contributed by atoms with E-state index in [1.807, 2.05) is 24.0 Å². The van der Waals surface area contributed by atoms with E-state index in [1.54, 1.807) is 16.9 Å². The van der Waals surface area contributed by atoms with Crippen molar-refractivity contribution in [2.24, 2.45) is 0 Å². The molecule has 5 rings (SSSR count). The van der Waals surface area contributed by atoms with Gasteiger partial charge in [-0.3, -0.25) is 4.79 Å². The van der Waals surface area contributed by atoms with Crippen molar-refractivity contribution in [3.8, 4) is 0 Å². The number of carbonyl (C=O) groups is 1. The maximum absolute atomic E-state index is 13.2. The van der Waals surface area contributed by atoms with Gasteiger partial charge in [0.15, 0.2) is 5.65 Å². The van der Waals surface area contributed by atoms with E-state index in [9.17, 15) is 4.79 Å². The fourth-order valence-electron chi connectivity index (χ4n) is 4.14. The number of H-pyrrole nitrogens is 1. The van der Waals surface area contributed by atoms with E-state index in [1.165, 1.54) is 0 Å². The molecule has 1 amide bonds. The zero-order chi connectivity index (χ0) is 19.3. The van der Waals surface area contributed by atoms with Gasteiger partial charge in [0.25, 0.3) is 5.91 Å². The Bertz CT molecular complexity index is 1190. The van der Waals surface area contributed by atoms with Crippen LogP contribution in [0.2, 0.25) is 0 Å². The molecule has 28 heavy (non-hydrogen) atoms. The number of fused-ring (bicyclic) bond motifs is 2. The van der Waals surface area contributed by atoms with Crippen molar-refractivity contribution in [2.75, 3.05) is 13.1 Å². The number of aryl methyl sites for hydroxylation is 2. The number of hydrogen-bond donors (Lipinski definition) is 1. The number of nitrogens with zero attached hydrogens (tertiary/aromatic N) is 5. The highest BCUT2D eigenvalue weighted by molar-refractivity contribution is 5.95. The van der Waals surface area contributed by atoms with Crippen molar-refractivity contribution in [1.82, 2.24) is 29.5 Å². The molecular weight excluding hydrogens is 352 g/mol. The molecule has 0 spiro atoms. The third kappa shape index (κ3) is 2.66. The summed E-state index contributed by atoms with van der Waals surface area (Å²) in [4.78, 5) is 27.8. The molecule has 0 bridgehead atoms. The number of benzene rings is 1. The molecule has 4 heterocycles. The Kier molecular flexibility index (Phi) is 3.89. The first-order valence-electron chi connectivity index (χ1n) is 9.65. The number of piperidine rings is 1. The summed E-state index contributed by atoms with van der Waals surface area (Å²) in [6.45, 7) is 5.41.